The zero-order valence-corrected chi connectivity index (χ0v) is 18.3. The number of ether oxygens (including phenoxy) is 4. The van der Waals surface area contributed by atoms with Gasteiger partial charge in [-0.15, -0.1) is 0 Å². The summed E-state index contributed by atoms with van der Waals surface area (Å²) in [4.78, 5) is 11.2. The van der Waals surface area contributed by atoms with Gasteiger partial charge in [-0.25, -0.2) is 0 Å². The molecule has 0 aliphatic heterocycles. The number of aliphatic hydroxyl groups is 1. The first kappa shape index (κ1) is 22.9. The summed E-state index contributed by atoms with van der Waals surface area (Å²) in [6, 6.07) is 20.1. The van der Waals surface area contributed by atoms with E-state index >= 15 is 0 Å². The monoisotopic (exact) mass is 434 g/mol. The van der Waals surface area contributed by atoms with Gasteiger partial charge in [0.05, 0.1) is 14.2 Å². The largest absolute Gasteiger partial charge is 0.497 e. The van der Waals surface area contributed by atoms with Crippen molar-refractivity contribution in [2.24, 2.45) is 0 Å². The maximum Gasteiger partial charge on any atom is 0.308 e. The maximum absolute atomic E-state index is 11.2. The molecule has 0 spiro atoms. The van der Waals surface area contributed by atoms with Gasteiger partial charge in [0.1, 0.15) is 35.7 Å². The summed E-state index contributed by atoms with van der Waals surface area (Å²) in [7, 11) is 3.11. The molecule has 0 aliphatic carbocycles. The Labute approximate surface area is 187 Å². The first-order chi connectivity index (χ1) is 15.5. The number of hydrogen-bond acceptors (Lipinski definition) is 6. The van der Waals surface area contributed by atoms with E-state index < -0.39 is 12.1 Å². The van der Waals surface area contributed by atoms with Gasteiger partial charge in [0.2, 0.25) is 0 Å². The van der Waals surface area contributed by atoms with E-state index in [1.807, 2.05) is 30.3 Å². The molecular weight excluding hydrogens is 408 g/mol. The Morgan fingerprint density at radius 3 is 2.34 bits per heavy atom. The number of carbonyl (C=O) groups is 1. The topological polar surface area (TPSA) is 74.2 Å². The third-order valence-corrected chi connectivity index (χ3v) is 4.70. The highest BCUT2D eigenvalue weighted by molar-refractivity contribution is 5.70. The maximum atomic E-state index is 11.2. The minimum absolute atomic E-state index is 0.364. The molecule has 1 N–H and O–H groups in total. The van der Waals surface area contributed by atoms with Gasteiger partial charge in [-0.05, 0) is 29.8 Å². The zero-order chi connectivity index (χ0) is 22.9. The Morgan fingerprint density at radius 1 is 0.938 bits per heavy atom. The molecule has 0 radical (unpaired) electrons. The van der Waals surface area contributed by atoms with Crippen LogP contribution in [0.2, 0.25) is 0 Å². The van der Waals surface area contributed by atoms with Crippen molar-refractivity contribution < 1.29 is 28.8 Å². The Balaban J connectivity index is 1.81. The molecule has 32 heavy (non-hydrogen) atoms. The zero-order valence-electron chi connectivity index (χ0n) is 18.3. The van der Waals surface area contributed by atoms with Crippen LogP contribution in [0.4, 0.5) is 0 Å². The van der Waals surface area contributed by atoms with Crippen molar-refractivity contribution >= 4 is 12.0 Å². The van der Waals surface area contributed by atoms with E-state index in [1.54, 1.807) is 55.7 Å². The van der Waals surface area contributed by atoms with Crippen molar-refractivity contribution in [3.63, 3.8) is 0 Å². The van der Waals surface area contributed by atoms with E-state index in [-0.39, 0.29) is 0 Å². The molecule has 6 heteroatoms. The number of carbonyl (C=O) groups excluding carboxylic acids is 1. The predicted molar refractivity (Wildman–Crippen MR) is 122 cm³/mol. The highest BCUT2D eigenvalue weighted by Crippen LogP contribution is 2.32. The molecule has 0 heterocycles. The van der Waals surface area contributed by atoms with Crippen molar-refractivity contribution in [3.05, 3.63) is 89.5 Å². The molecule has 0 fully saturated rings. The van der Waals surface area contributed by atoms with Gasteiger partial charge in [-0.3, -0.25) is 4.79 Å². The minimum Gasteiger partial charge on any atom is -0.497 e. The van der Waals surface area contributed by atoms with Crippen molar-refractivity contribution in [1.82, 2.24) is 0 Å². The van der Waals surface area contributed by atoms with Crippen LogP contribution in [0.15, 0.2) is 72.8 Å². The molecular formula is C26H26O6. The van der Waals surface area contributed by atoms with Crippen molar-refractivity contribution in [1.29, 1.82) is 0 Å². The van der Waals surface area contributed by atoms with Crippen LogP contribution in [0.25, 0.3) is 6.08 Å². The average Bonchev–Trinajstić information content (AvgIpc) is 2.81. The summed E-state index contributed by atoms with van der Waals surface area (Å²) in [5, 5.41) is 10.8. The number of aliphatic hydroxyl groups excluding tert-OH is 1. The highest BCUT2D eigenvalue weighted by Gasteiger charge is 2.14. The summed E-state index contributed by atoms with van der Waals surface area (Å²) in [5.41, 5.74) is 2.35. The Bertz CT molecular complexity index is 1070. The summed E-state index contributed by atoms with van der Waals surface area (Å²) < 4.78 is 21.8. The minimum atomic E-state index is -0.926. The lowest BCUT2D eigenvalue weighted by atomic mass is 10.1. The van der Waals surface area contributed by atoms with Crippen LogP contribution in [0.3, 0.4) is 0 Å². The molecule has 1 atom stereocenters. The van der Waals surface area contributed by atoms with Crippen LogP contribution in [0.1, 0.15) is 29.7 Å². The van der Waals surface area contributed by atoms with Gasteiger partial charge in [0.25, 0.3) is 0 Å². The van der Waals surface area contributed by atoms with Gasteiger partial charge in [-0.2, -0.15) is 0 Å². The molecule has 0 amide bonds. The average molecular weight is 434 g/mol. The summed E-state index contributed by atoms with van der Waals surface area (Å²) in [6.45, 7) is 1.70. The van der Waals surface area contributed by atoms with Crippen molar-refractivity contribution in [3.8, 4) is 23.0 Å². The number of rotatable bonds is 9. The van der Waals surface area contributed by atoms with Gasteiger partial charge in [0.15, 0.2) is 0 Å². The van der Waals surface area contributed by atoms with Crippen LogP contribution >= 0.6 is 0 Å². The Kier molecular flexibility index (Phi) is 7.89. The third kappa shape index (κ3) is 6.12. The van der Waals surface area contributed by atoms with E-state index in [0.29, 0.717) is 35.2 Å². The van der Waals surface area contributed by atoms with Gasteiger partial charge >= 0.3 is 5.97 Å². The van der Waals surface area contributed by atoms with Crippen LogP contribution in [-0.2, 0) is 11.4 Å². The van der Waals surface area contributed by atoms with E-state index in [4.69, 9.17) is 18.9 Å². The lowest BCUT2D eigenvalue weighted by molar-refractivity contribution is -0.131. The number of esters is 1. The number of hydrogen-bond donors (Lipinski definition) is 1. The molecule has 3 aromatic carbocycles. The lowest BCUT2D eigenvalue weighted by Gasteiger charge is -2.16. The van der Waals surface area contributed by atoms with Gasteiger partial charge < -0.3 is 24.1 Å². The van der Waals surface area contributed by atoms with E-state index in [0.717, 1.165) is 11.1 Å². The summed E-state index contributed by atoms with van der Waals surface area (Å²) >= 11 is 0. The van der Waals surface area contributed by atoms with Crippen molar-refractivity contribution in [2.45, 2.75) is 19.6 Å². The molecule has 0 bridgehead atoms. The first-order valence-electron chi connectivity index (χ1n) is 10.1. The molecule has 0 aromatic heterocycles. The molecule has 1 unspecified atom stereocenters. The second kappa shape index (κ2) is 11.0. The molecule has 3 aromatic rings. The van der Waals surface area contributed by atoms with Crippen molar-refractivity contribution in [2.75, 3.05) is 14.2 Å². The molecule has 166 valence electrons. The SMILES string of the molecule is COc1ccc(C(O)C=Cc2ccc(OC(C)=O)cc2OC)c(OCc2ccccc2)c1. The summed E-state index contributed by atoms with van der Waals surface area (Å²) in [5.74, 6) is 1.66. The van der Waals surface area contributed by atoms with E-state index in [2.05, 4.69) is 0 Å². The van der Waals surface area contributed by atoms with Gasteiger partial charge in [-0.1, -0.05) is 42.5 Å². The van der Waals surface area contributed by atoms with Crippen LogP contribution in [-0.4, -0.2) is 25.3 Å². The fraction of sp³-hybridized carbons (Fsp3) is 0.192. The van der Waals surface area contributed by atoms with Crippen LogP contribution in [0, 0.1) is 0 Å². The lowest BCUT2D eigenvalue weighted by Crippen LogP contribution is -2.02. The van der Waals surface area contributed by atoms with Crippen LogP contribution < -0.4 is 18.9 Å². The second-order valence-corrected chi connectivity index (χ2v) is 6.98. The molecule has 0 saturated heterocycles. The normalized spacial score (nSPS) is 11.8. The molecule has 3 rings (SSSR count). The number of methoxy groups -OCH3 is 2. The number of benzene rings is 3. The first-order valence-corrected chi connectivity index (χ1v) is 10.1. The standard InChI is InChI=1S/C26H26O6/c1-18(27)32-22-11-9-20(25(16-22)30-3)10-14-24(28)23-13-12-21(29-2)15-26(23)31-17-19-7-5-4-6-8-19/h4-16,24,28H,17H2,1-3H3. The quantitative estimate of drug-likeness (QED) is 0.379. The van der Waals surface area contributed by atoms with Crippen LogP contribution in [0.5, 0.6) is 23.0 Å². The second-order valence-electron chi connectivity index (χ2n) is 6.98. The smallest absolute Gasteiger partial charge is 0.308 e. The Hall–Kier alpha value is -3.77. The fourth-order valence-corrected chi connectivity index (χ4v) is 3.10. The Morgan fingerprint density at radius 2 is 1.66 bits per heavy atom. The third-order valence-electron chi connectivity index (χ3n) is 4.70. The molecule has 0 saturated carbocycles. The summed E-state index contributed by atoms with van der Waals surface area (Å²) in [6.07, 6.45) is 2.46. The predicted octanol–water partition coefficient (Wildman–Crippen LogP) is 4.95. The molecule has 0 aliphatic rings. The van der Waals surface area contributed by atoms with Gasteiger partial charge in [0, 0.05) is 30.2 Å². The molecule has 6 nitrogen and oxygen atoms in total. The van der Waals surface area contributed by atoms with E-state index in [9.17, 15) is 9.90 Å². The van der Waals surface area contributed by atoms with E-state index in [1.165, 1.54) is 14.0 Å². The fourth-order valence-electron chi connectivity index (χ4n) is 3.10. The highest BCUT2D eigenvalue weighted by atomic mass is 16.5.